The highest BCUT2D eigenvalue weighted by atomic mass is 16.3. The lowest BCUT2D eigenvalue weighted by Gasteiger charge is -2.00. The summed E-state index contributed by atoms with van der Waals surface area (Å²) in [5, 5.41) is 16.3. The number of nitrogens with zero attached hydrogens (tertiary/aromatic N) is 2. The average Bonchev–Trinajstić information content (AvgIpc) is 2.35. The van der Waals surface area contributed by atoms with Crippen molar-refractivity contribution in [2.75, 3.05) is 19.7 Å². The van der Waals surface area contributed by atoms with Crippen LogP contribution in [0.1, 0.15) is 71.1 Å². The van der Waals surface area contributed by atoms with E-state index in [4.69, 9.17) is 5.11 Å². The molecule has 0 amide bonds. The van der Waals surface area contributed by atoms with Gasteiger partial charge in [0.05, 0.1) is 19.7 Å². The fourth-order valence-corrected chi connectivity index (χ4v) is 1.86. The summed E-state index contributed by atoms with van der Waals surface area (Å²) in [5.74, 6) is 0. The van der Waals surface area contributed by atoms with Gasteiger partial charge in [0, 0.05) is 0 Å². The highest BCUT2D eigenvalue weighted by Crippen LogP contribution is 2.10. The first-order valence-corrected chi connectivity index (χ1v) is 7.36. The Hall–Kier alpha value is -0.440. The Bertz CT molecular complexity index is 160. The first-order valence-electron chi connectivity index (χ1n) is 7.36. The maximum atomic E-state index is 8.49. The molecule has 0 saturated carbocycles. The van der Waals surface area contributed by atoms with Crippen molar-refractivity contribution in [3.63, 3.8) is 0 Å². The zero-order chi connectivity index (χ0) is 12.6. The predicted octanol–water partition coefficient (Wildman–Crippen LogP) is 4.35. The van der Waals surface area contributed by atoms with Crippen LogP contribution in [-0.4, -0.2) is 24.8 Å². The van der Waals surface area contributed by atoms with Crippen LogP contribution in [0.5, 0.6) is 0 Å². The largest absolute Gasteiger partial charge is 0.394 e. The van der Waals surface area contributed by atoms with E-state index in [1.54, 1.807) is 0 Å². The van der Waals surface area contributed by atoms with Crippen LogP contribution < -0.4 is 0 Å². The lowest BCUT2D eigenvalue weighted by atomic mass is 10.1. The molecule has 0 aliphatic carbocycles. The first kappa shape index (κ1) is 16.6. The number of hydrogen-bond donors (Lipinski definition) is 1. The van der Waals surface area contributed by atoms with Gasteiger partial charge in [-0.1, -0.05) is 64.7 Å². The van der Waals surface area contributed by atoms with E-state index in [1.165, 1.54) is 57.8 Å². The maximum Gasteiger partial charge on any atom is 0.0830 e. The number of aliphatic hydroxyl groups excluding tert-OH is 1. The Morgan fingerprint density at radius 2 is 1.12 bits per heavy atom. The van der Waals surface area contributed by atoms with Crippen molar-refractivity contribution >= 4 is 0 Å². The molecule has 0 aromatic rings. The molecule has 0 aromatic carbocycles. The quantitative estimate of drug-likeness (QED) is 0.379. The summed E-state index contributed by atoms with van der Waals surface area (Å²) in [6.07, 6.45) is 13.5. The Balaban J connectivity index is 2.94. The van der Waals surface area contributed by atoms with Crippen LogP contribution in [0.4, 0.5) is 0 Å². The molecule has 0 saturated heterocycles. The molecule has 0 aliphatic heterocycles. The van der Waals surface area contributed by atoms with Gasteiger partial charge in [0.15, 0.2) is 0 Å². The van der Waals surface area contributed by atoms with Crippen LogP contribution in [0, 0.1) is 0 Å². The number of azo groups is 1. The average molecular weight is 242 g/mol. The highest BCUT2D eigenvalue weighted by Gasteiger charge is 1.92. The topological polar surface area (TPSA) is 45.0 Å². The minimum absolute atomic E-state index is 0.113. The minimum Gasteiger partial charge on any atom is -0.394 e. The number of aliphatic hydroxyl groups is 1. The van der Waals surface area contributed by atoms with Crippen LogP contribution in [0.3, 0.4) is 0 Å². The van der Waals surface area contributed by atoms with Crippen molar-refractivity contribution in [3.8, 4) is 0 Å². The summed E-state index contributed by atoms with van der Waals surface area (Å²) < 4.78 is 0. The molecule has 0 fully saturated rings. The highest BCUT2D eigenvalue weighted by molar-refractivity contribution is 4.48. The molecular weight excluding hydrogens is 212 g/mol. The summed E-state index contributed by atoms with van der Waals surface area (Å²) in [6, 6.07) is 0. The minimum atomic E-state index is 0.113. The van der Waals surface area contributed by atoms with E-state index in [0.29, 0.717) is 6.54 Å². The SMILES string of the molecule is CCCCCCCCCCCCN=NCCO. The molecule has 0 spiro atoms. The molecule has 0 aromatic heterocycles. The van der Waals surface area contributed by atoms with Crippen molar-refractivity contribution in [2.45, 2.75) is 71.1 Å². The summed E-state index contributed by atoms with van der Waals surface area (Å²) in [7, 11) is 0. The molecule has 3 nitrogen and oxygen atoms in total. The van der Waals surface area contributed by atoms with Gasteiger partial charge >= 0.3 is 0 Å². The second-order valence-electron chi connectivity index (χ2n) is 4.64. The Kier molecular flexibility index (Phi) is 15.2. The van der Waals surface area contributed by atoms with Crippen molar-refractivity contribution in [3.05, 3.63) is 0 Å². The van der Waals surface area contributed by atoms with Crippen molar-refractivity contribution < 1.29 is 5.11 Å². The summed E-state index contributed by atoms with van der Waals surface area (Å²) in [4.78, 5) is 0. The van der Waals surface area contributed by atoms with E-state index in [-0.39, 0.29) is 6.61 Å². The lowest BCUT2D eigenvalue weighted by Crippen LogP contribution is -1.87. The monoisotopic (exact) mass is 242 g/mol. The third-order valence-corrected chi connectivity index (χ3v) is 2.91. The molecule has 0 aliphatic rings. The Morgan fingerprint density at radius 1 is 0.647 bits per heavy atom. The molecule has 0 rings (SSSR count). The van der Waals surface area contributed by atoms with Crippen LogP contribution in [-0.2, 0) is 0 Å². The van der Waals surface area contributed by atoms with Gasteiger partial charge in [-0.2, -0.15) is 10.2 Å². The Labute approximate surface area is 107 Å². The fraction of sp³-hybridized carbons (Fsp3) is 1.00. The van der Waals surface area contributed by atoms with Crippen LogP contribution >= 0.6 is 0 Å². The van der Waals surface area contributed by atoms with Crippen LogP contribution in [0.2, 0.25) is 0 Å². The number of hydrogen-bond acceptors (Lipinski definition) is 3. The van der Waals surface area contributed by atoms with E-state index < -0.39 is 0 Å². The molecule has 102 valence electrons. The normalized spacial score (nSPS) is 11.4. The van der Waals surface area contributed by atoms with Gasteiger partial charge in [0.1, 0.15) is 0 Å². The molecule has 17 heavy (non-hydrogen) atoms. The van der Waals surface area contributed by atoms with Gasteiger partial charge < -0.3 is 5.11 Å². The lowest BCUT2D eigenvalue weighted by molar-refractivity contribution is 0.304. The third-order valence-electron chi connectivity index (χ3n) is 2.91. The van der Waals surface area contributed by atoms with E-state index >= 15 is 0 Å². The Morgan fingerprint density at radius 3 is 1.65 bits per heavy atom. The van der Waals surface area contributed by atoms with E-state index in [0.717, 1.165) is 13.0 Å². The predicted molar refractivity (Wildman–Crippen MR) is 73.5 cm³/mol. The molecule has 0 bridgehead atoms. The van der Waals surface area contributed by atoms with E-state index in [2.05, 4.69) is 17.2 Å². The molecular formula is C14H30N2O. The molecule has 0 heterocycles. The van der Waals surface area contributed by atoms with Gasteiger partial charge in [-0.05, 0) is 6.42 Å². The smallest absolute Gasteiger partial charge is 0.0830 e. The maximum absolute atomic E-state index is 8.49. The molecule has 0 radical (unpaired) electrons. The van der Waals surface area contributed by atoms with Gasteiger partial charge in [0.25, 0.3) is 0 Å². The molecule has 3 heteroatoms. The summed E-state index contributed by atoms with van der Waals surface area (Å²) in [5.41, 5.74) is 0. The molecule has 0 atom stereocenters. The van der Waals surface area contributed by atoms with E-state index in [9.17, 15) is 0 Å². The summed E-state index contributed by atoms with van der Waals surface area (Å²) in [6.45, 7) is 3.66. The van der Waals surface area contributed by atoms with Crippen molar-refractivity contribution in [1.82, 2.24) is 0 Å². The number of unbranched alkanes of at least 4 members (excludes halogenated alkanes) is 9. The summed E-state index contributed by atoms with van der Waals surface area (Å²) >= 11 is 0. The van der Waals surface area contributed by atoms with Crippen molar-refractivity contribution in [1.29, 1.82) is 0 Å². The van der Waals surface area contributed by atoms with Gasteiger partial charge in [-0.3, -0.25) is 0 Å². The molecule has 1 N–H and O–H groups in total. The van der Waals surface area contributed by atoms with Gasteiger partial charge in [-0.25, -0.2) is 0 Å². The molecule has 0 unspecified atom stereocenters. The fourth-order valence-electron chi connectivity index (χ4n) is 1.86. The zero-order valence-electron chi connectivity index (χ0n) is 11.5. The van der Waals surface area contributed by atoms with Crippen LogP contribution in [0.15, 0.2) is 10.2 Å². The van der Waals surface area contributed by atoms with Crippen LogP contribution in [0.25, 0.3) is 0 Å². The number of rotatable bonds is 13. The third kappa shape index (κ3) is 15.6. The van der Waals surface area contributed by atoms with Gasteiger partial charge in [-0.15, -0.1) is 0 Å². The van der Waals surface area contributed by atoms with Gasteiger partial charge in [0.2, 0.25) is 0 Å². The second-order valence-corrected chi connectivity index (χ2v) is 4.64. The standard InChI is InChI=1S/C14H30N2O/c1-2-3-4-5-6-7-8-9-10-11-12-15-16-13-14-17/h17H,2-14H2,1H3. The van der Waals surface area contributed by atoms with Crippen molar-refractivity contribution in [2.24, 2.45) is 10.2 Å². The zero-order valence-corrected chi connectivity index (χ0v) is 11.5. The second kappa shape index (κ2) is 15.6. The van der Waals surface area contributed by atoms with E-state index in [1.807, 2.05) is 0 Å². The first-order chi connectivity index (χ1) is 8.41.